The number of nitro groups is 1. The predicted molar refractivity (Wildman–Crippen MR) is 74.5 cm³/mol. The Morgan fingerprint density at radius 1 is 1.47 bits per heavy atom. The van der Waals surface area contributed by atoms with Gasteiger partial charge in [0.25, 0.3) is 5.69 Å². The van der Waals surface area contributed by atoms with Gasteiger partial charge in [-0.2, -0.15) is 0 Å². The number of para-hydroxylation sites is 1. The van der Waals surface area contributed by atoms with Crippen LogP contribution >= 0.6 is 0 Å². The molecule has 19 heavy (non-hydrogen) atoms. The second kappa shape index (κ2) is 6.02. The van der Waals surface area contributed by atoms with E-state index in [2.05, 4.69) is 4.90 Å². The lowest BCUT2D eigenvalue weighted by molar-refractivity contribution is -0.384. The van der Waals surface area contributed by atoms with Crippen LogP contribution in [0.4, 0.5) is 11.4 Å². The van der Waals surface area contributed by atoms with Crippen molar-refractivity contribution in [2.75, 3.05) is 18.1 Å². The van der Waals surface area contributed by atoms with Crippen molar-refractivity contribution < 1.29 is 10.0 Å². The quantitative estimate of drug-likeness (QED) is 0.633. The van der Waals surface area contributed by atoms with Gasteiger partial charge < -0.3 is 10.0 Å². The summed E-state index contributed by atoms with van der Waals surface area (Å²) in [4.78, 5) is 13.1. The summed E-state index contributed by atoms with van der Waals surface area (Å²) in [5.41, 5.74) is 1.59. The molecular weight excluding hydrogens is 244 g/mol. The molecule has 0 radical (unpaired) electrons. The highest BCUT2D eigenvalue weighted by Gasteiger charge is 2.30. The van der Waals surface area contributed by atoms with Crippen molar-refractivity contribution in [3.05, 3.63) is 33.9 Å². The summed E-state index contributed by atoms with van der Waals surface area (Å²) in [7, 11) is 0. The van der Waals surface area contributed by atoms with Gasteiger partial charge in [-0.1, -0.05) is 12.1 Å². The van der Waals surface area contributed by atoms with Crippen LogP contribution in [-0.2, 0) is 0 Å². The molecule has 0 aromatic heterocycles. The van der Waals surface area contributed by atoms with E-state index in [-0.39, 0.29) is 17.2 Å². The fraction of sp³-hybridized carbons (Fsp3) is 0.571. The Balaban J connectivity index is 2.34. The van der Waals surface area contributed by atoms with E-state index in [4.69, 9.17) is 5.11 Å². The summed E-state index contributed by atoms with van der Waals surface area (Å²) in [5.74, 6) is 0. The SMILES string of the molecule is Cc1cccc(N(CCCO)C2CCC2)c1[N+](=O)[O-]. The normalized spacial score (nSPS) is 15.1. The Kier molecular flexibility index (Phi) is 4.37. The molecule has 0 saturated heterocycles. The van der Waals surface area contributed by atoms with Crippen LogP contribution in [0.25, 0.3) is 0 Å². The van der Waals surface area contributed by atoms with Crippen LogP contribution in [0.15, 0.2) is 18.2 Å². The van der Waals surface area contributed by atoms with E-state index in [1.54, 1.807) is 13.0 Å². The Hall–Kier alpha value is -1.62. The van der Waals surface area contributed by atoms with E-state index in [0.717, 1.165) is 12.8 Å². The van der Waals surface area contributed by atoms with E-state index in [9.17, 15) is 10.1 Å². The van der Waals surface area contributed by atoms with Crippen molar-refractivity contribution in [2.45, 2.75) is 38.6 Å². The van der Waals surface area contributed by atoms with Gasteiger partial charge in [0, 0.05) is 24.8 Å². The van der Waals surface area contributed by atoms with Gasteiger partial charge in [0.1, 0.15) is 5.69 Å². The zero-order valence-corrected chi connectivity index (χ0v) is 11.2. The minimum absolute atomic E-state index is 0.114. The van der Waals surface area contributed by atoms with Crippen LogP contribution in [0, 0.1) is 17.0 Å². The average molecular weight is 264 g/mol. The van der Waals surface area contributed by atoms with Crippen LogP contribution in [-0.4, -0.2) is 29.2 Å². The van der Waals surface area contributed by atoms with Crippen LogP contribution in [0.5, 0.6) is 0 Å². The van der Waals surface area contributed by atoms with Crippen LogP contribution in [0.3, 0.4) is 0 Å². The molecule has 1 saturated carbocycles. The van der Waals surface area contributed by atoms with Gasteiger partial charge in [0.05, 0.1) is 4.92 Å². The smallest absolute Gasteiger partial charge is 0.295 e. The molecular formula is C14H20N2O3. The summed E-state index contributed by atoms with van der Waals surface area (Å²) in [6.45, 7) is 2.56. The molecule has 5 heteroatoms. The molecule has 1 fully saturated rings. The maximum Gasteiger partial charge on any atom is 0.295 e. The third-order valence-electron chi connectivity index (χ3n) is 3.78. The number of benzene rings is 1. The largest absolute Gasteiger partial charge is 0.396 e. The van der Waals surface area contributed by atoms with E-state index < -0.39 is 0 Å². The minimum Gasteiger partial charge on any atom is -0.396 e. The van der Waals surface area contributed by atoms with Gasteiger partial charge in [-0.15, -0.1) is 0 Å². The number of nitrogens with zero attached hydrogens (tertiary/aromatic N) is 2. The molecule has 5 nitrogen and oxygen atoms in total. The monoisotopic (exact) mass is 264 g/mol. The zero-order chi connectivity index (χ0) is 13.8. The highest BCUT2D eigenvalue weighted by molar-refractivity contribution is 5.67. The molecule has 2 rings (SSSR count). The molecule has 1 N–H and O–H groups in total. The molecule has 0 spiro atoms. The van der Waals surface area contributed by atoms with Gasteiger partial charge in [-0.3, -0.25) is 10.1 Å². The standard InChI is InChI=1S/C14H20N2O3/c1-11-5-2-8-13(14(11)16(18)19)15(9-4-10-17)12-6-3-7-12/h2,5,8,12,17H,3-4,6-7,9-10H2,1H3. The Bertz CT molecular complexity index is 458. The molecule has 1 aliphatic carbocycles. The van der Waals surface area contributed by atoms with Crippen molar-refractivity contribution in [1.29, 1.82) is 0 Å². The molecule has 0 aliphatic heterocycles. The predicted octanol–water partition coefficient (Wildman–Crippen LogP) is 2.64. The van der Waals surface area contributed by atoms with Crippen molar-refractivity contribution in [2.24, 2.45) is 0 Å². The minimum atomic E-state index is -0.296. The van der Waals surface area contributed by atoms with Crippen molar-refractivity contribution in [1.82, 2.24) is 0 Å². The number of aliphatic hydroxyl groups is 1. The zero-order valence-electron chi connectivity index (χ0n) is 11.2. The molecule has 0 heterocycles. The van der Waals surface area contributed by atoms with Gasteiger partial charge in [-0.05, 0) is 38.7 Å². The first-order valence-electron chi connectivity index (χ1n) is 6.76. The second-order valence-corrected chi connectivity index (χ2v) is 5.06. The number of hydrogen-bond donors (Lipinski definition) is 1. The number of aliphatic hydroxyl groups excluding tert-OH is 1. The first kappa shape index (κ1) is 13.8. The summed E-state index contributed by atoms with van der Waals surface area (Å²) < 4.78 is 0. The van der Waals surface area contributed by atoms with E-state index >= 15 is 0 Å². The highest BCUT2D eigenvalue weighted by Crippen LogP contribution is 2.37. The van der Waals surface area contributed by atoms with Crippen LogP contribution < -0.4 is 4.90 Å². The maximum atomic E-state index is 11.3. The molecule has 1 aliphatic rings. The Morgan fingerprint density at radius 3 is 2.74 bits per heavy atom. The van der Waals surface area contributed by atoms with Crippen molar-refractivity contribution >= 4 is 11.4 Å². The van der Waals surface area contributed by atoms with E-state index in [1.807, 2.05) is 12.1 Å². The van der Waals surface area contributed by atoms with Gasteiger partial charge in [0.2, 0.25) is 0 Å². The van der Waals surface area contributed by atoms with E-state index in [0.29, 0.717) is 30.3 Å². The number of hydrogen-bond acceptors (Lipinski definition) is 4. The Morgan fingerprint density at radius 2 is 2.21 bits per heavy atom. The van der Waals surface area contributed by atoms with Crippen LogP contribution in [0.2, 0.25) is 0 Å². The average Bonchev–Trinajstić information content (AvgIpc) is 2.31. The third kappa shape index (κ3) is 2.87. The fourth-order valence-corrected chi connectivity index (χ4v) is 2.55. The molecule has 104 valence electrons. The number of nitro benzene ring substituents is 1. The lowest BCUT2D eigenvalue weighted by Gasteiger charge is -2.39. The first-order chi connectivity index (χ1) is 9.15. The van der Waals surface area contributed by atoms with E-state index in [1.165, 1.54) is 6.42 Å². The maximum absolute atomic E-state index is 11.3. The molecule has 1 aromatic rings. The summed E-state index contributed by atoms with van der Waals surface area (Å²) >= 11 is 0. The van der Waals surface area contributed by atoms with Crippen molar-refractivity contribution in [3.63, 3.8) is 0 Å². The number of anilines is 1. The molecule has 1 aromatic carbocycles. The van der Waals surface area contributed by atoms with Gasteiger partial charge >= 0.3 is 0 Å². The molecule has 0 unspecified atom stereocenters. The Labute approximate surface area is 113 Å². The van der Waals surface area contributed by atoms with Gasteiger partial charge in [-0.25, -0.2) is 0 Å². The van der Waals surface area contributed by atoms with Crippen molar-refractivity contribution in [3.8, 4) is 0 Å². The van der Waals surface area contributed by atoms with Gasteiger partial charge in [0.15, 0.2) is 0 Å². The number of aryl methyl sites for hydroxylation is 1. The lowest BCUT2D eigenvalue weighted by Crippen LogP contribution is -2.41. The summed E-state index contributed by atoms with van der Waals surface area (Å²) in [6.07, 6.45) is 3.98. The second-order valence-electron chi connectivity index (χ2n) is 5.06. The summed E-state index contributed by atoms with van der Waals surface area (Å²) in [5, 5.41) is 20.3. The molecule has 0 bridgehead atoms. The highest BCUT2D eigenvalue weighted by atomic mass is 16.6. The fourth-order valence-electron chi connectivity index (χ4n) is 2.55. The third-order valence-corrected chi connectivity index (χ3v) is 3.78. The summed E-state index contributed by atoms with van der Waals surface area (Å²) in [6, 6.07) is 5.84. The molecule has 0 amide bonds. The topological polar surface area (TPSA) is 66.6 Å². The first-order valence-corrected chi connectivity index (χ1v) is 6.76. The van der Waals surface area contributed by atoms with Crippen LogP contribution in [0.1, 0.15) is 31.2 Å². The lowest BCUT2D eigenvalue weighted by atomic mass is 9.90. The molecule has 0 atom stereocenters. The number of rotatable bonds is 6.